The van der Waals surface area contributed by atoms with E-state index < -0.39 is 6.04 Å². The number of benzene rings is 2. The zero-order valence-corrected chi connectivity index (χ0v) is 25.0. The number of carbonyl (C=O) groups excluding carboxylic acids is 2. The van der Waals surface area contributed by atoms with Gasteiger partial charge >= 0.3 is 0 Å². The van der Waals surface area contributed by atoms with E-state index in [9.17, 15) is 9.59 Å². The number of ether oxygens (including phenoxy) is 1. The third kappa shape index (κ3) is 5.75. The number of ketones is 1. The Morgan fingerprint density at radius 2 is 1.62 bits per heavy atom. The van der Waals surface area contributed by atoms with Gasteiger partial charge in [0, 0.05) is 40.4 Å². The van der Waals surface area contributed by atoms with Crippen LogP contribution in [0.4, 0.5) is 11.4 Å². The van der Waals surface area contributed by atoms with Crippen LogP contribution < -0.4 is 25.6 Å². The fourth-order valence-corrected chi connectivity index (χ4v) is 7.30. The molecule has 7 nitrogen and oxygen atoms in total. The number of piperidine rings is 1. The van der Waals surface area contributed by atoms with Gasteiger partial charge in [-0.05, 0) is 70.6 Å². The van der Waals surface area contributed by atoms with Crippen molar-refractivity contribution in [2.24, 2.45) is 5.41 Å². The van der Waals surface area contributed by atoms with Crippen molar-refractivity contribution in [1.82, 2.24) is 10.6 Å². The summed E-state index contributed by atoms with van der Waals surface area (Å²) < 4.78 is 5.82. The highest BCUT2D eigenvalue weighted by atomic mass is 16.5. The lowest BCUT2D eigenvalue weighted by atomic mass is 9.73. The van der Waals surface area contributed by atoms with Gasteiger partial charge in [-0.25, -0.2) is 0 Å². The monoisotopic (exact) mass is 544 g/mol. The van der Waals surface area contributed by atoms with Gasteiger partial charge in [0.05, 0.1) is 31.1 Å². The van der Waals surface area contributed by atoms with Gasteiger partial charge in [-0.2, -0.15) is 0 Å². The molecule has 2 aliphatic heterocycles. The van der Waals surface area contributed by atoms with E-state index in [0.29, 0.717) is 12.2 Å². The van der Waals surface area contributed by atoms with Gasteiger partial charge in [0.2, 0.25) is 5.91 Å². The number of amides is 1. The number of nitrogens with zero attached hydrogens (tertiary/aromatic N) is 1. The summed E-state index contributed by atoms with van der Waals surface area (Å²) in [5.74, 6) is 0.749. The maximum Gasteiger partial charge on any atom is 0.239 e. The van der Waals surface area contributed by atoms with E-state index in [1.165, 1.54) is 0 Å². The van der Waals surface area contributed by atoms with E-state index in [4.69, 9.17) is 4.74 Å². The molecule has 3 N–H and O–H groups in total. The van der Waals surface area contributed by atoms with Crippen molar-refractivity contribution in [3.63, 3.8) is 0 Å². The summed E-state index contributed by atoms with van der Waals surface area (Å²) in [5, 5.41) is 10.7. The SMILES string of the molecule is COc1ccccc1C1C2=C(CC(C)(C)CC2=O)Nc2ccccc2N1CC(=O)NC1CC(C)(C)NC(C)(C)C1. The minimum atomic E-state index is -0.474. The number of nitrogens with one attached hydrogen (secondary N) is 3. The number of Topliss-reactive ketones (excluding diaryl/α,β-unsaturated/α-hetero) is 1. The Morgan fingerprint density at radius 1 is 0.975 bits per heavy atom. The Kier molecular flexibility index (Phi) is 7.24. The van der Waals surface area contributed by atoms with Crippen molar-refractivity contribution in [2.45, 2.75) is 90.4 Å². The largest absolute Gasteiger partial charge is 0.496 e. The first-order valence-electron chi connectivity index (χ1n) is 14.4. The molecular weight excluding hydrogens is 500 g/mol. The Bertz CT molecular complexity index is 1330. The number of hydrogen-bond acceptors (Lipinski definition) is 6. The molecule has 40 heavy (non-hydrogen) atoms. The minimum absolute atomic E-state index is 0.0516. The summed E-state index contributed by atoms with van der Waals surface area (Å²) in [7, 11) is 1.65. The average Bonchev–Trinajstić information content (AvgIpc) is 2.95. The van der Waals surface area contributed by atoms with Gasteiger partial charge in [0.25, 0.3) is 0 Å². The summed E-state index contributed by atoms with van der Waals surface area (Å²) in [4.78, 5) is 29.9. The number of carbonyl (C=O) groups is 2. The quantitative estimate of drug-likeness (QED) is 0.446. The summed E-state index contributed by atoms with van der Waals surface area (Å²) >= 11 is 0. The van der Waals surface area contributed by atoms with Gasteiger partial charge in [-0.1, -0.05) is 44.2 Å². The van der Waals surface area contributed by atoms with Crippen LogP contribution in [0.5, 0.6) is 5.75 Å². The molecule has 0 spiro atoms. The lowest BCUT2D eigenvalue weighted by Crippen LogP contribution is -2.62. The molecule has 2 heterocycles. The molecule has 0 saturated carbocycles. The van der Waals surface area contributed by atoms with E-state index in [1.54, 1.807) is 7.11 Å². The maximum absolute atomic E-state index is 13.9. The van der Waals surface area contributed by atoms with E-state index in [0.717, 1.165) is 47.5 Å². The van der Waals surface area contributed by atoms with Crippen LogP contribution in [-0.4, -0.2) is 42.5 Å². The van der Waals surface area contributed by atoms with Crippen LogP contribution >= 0.6 is 0 Å². The zero-order chi connectivity index (χ0) is 28.9. The standard InChI is InChI=1S/C33H44N4O3/c1-31(2)18-24-29(26(38)19-31)30(22-12-8-11-15-27(22)40-7)37(25-14-10-9-13-23(25)35-24)20-28(39)34-21-16-32(3,4)36-33(5,6)17-21/h8-15,21,30,35-36H,16-20H2,1-7H3,(H,34,39). The number of hydrogen-bond donors (Lipinski definition) is 3. The predicted molar refractivity (Wildman–Crippen MR) is 161 cm³/mol. The minimum Gasteiger partial charge on any atom is -0.496 e. The maximum atomic E-state index is 13.9. The van der Waals surface area contributed by atoms with Gasteiger partial charge in [-0.3, -0.25) is 9.59 Å². The first-order valence-corrected chi connectivity index (χ1v) is 14.4. The van der Waals surface area contributed by atoms with Crippen LogP contribution in [0.2, 0.25) is 0 Å². The van der Waals surface area contributed by atoms with E-state index in [-0.39, 0.29) is 40.8 Å². The summed E-state index contributed by atoms with van der Waals surface area (Å²) in [6, 6.07) is 15.4. The van der Waals surface area contributed by atoms with E-state index >= 15 is 0 Å². The van der Waals surface area contributed by atoms with Crippen molar-refractivity contribution in [3.8, 4) is 5.75 Å². The molecule has 3 aliphatic rings. The third-order valence-electron chi connectivity index (χ3n) is 8.31. The summed E-state index contributed by atoms with van der Waals surface area (Å²) in [6.45, 7) is 13.1. The van der Waals surface area contributed by atoms with Crippen molar-refractivity contribution in [1.29, 1.82) is 0 Å². The molecule has 1 unspecified atom stereocenters. The highest BCUT2D eigenvalue weighted by molar-refractivity contribution is 6.02. The van der Waals surface area contributed by atoms with Gasteiger partial charge in [0.15, 0.2) is 5.78 Å². The van der Waals surface area contributed by atoms with Crippen molar-refractivity contribution in [3.05, 3.63) is 65.4 Å². The number of para-hydroxylation sites is 3. The van der Waals surface area contributed by atoms with Gasteiger partial charge in [0.1, 0.15) is 5.75 Å². The van der Waals surface area contributed by atoms with Gasteiger partial charge < -0.3 is 25.6 Å². The fraction of sp³-hybridized carbons (Fsp3) is 0.515. The van der Waals surface area contributed by atoms with E-state index in [1.807, 2.05) is 48.5 Å². The zero-order valence-electron chi connectivity index (χ0n) is 25.0. The number of rotatable bonds is 5. The van der Waals surface area contributed by atoms with Crippen LogP contribution in [0.25, 0.3) is 0 Å². The second-order valence-electron chi connectivity index (χ2n) is 13.8. The van der Waals surface area contributed by atoms with Crippen molar-refractivity contribution < 1.29 is 14.3 Å². The summed E-state index contributed by atoms with van der Waals surface area (Å²) in [6.07, 6.45) is 2.89. The fourth-order valence-electron chi connectivity index (χ4n) is 7.30. The first kappa shape index (κ1) is 28.2. The molecule has 1 fully saturated rings. The summed E-state index contributed by atoms with van der Waals surface area (Å²) in [5.41, 5.74) is 3.98. The molecule has 0 radical (unpaired) electrons. The molecule has 1 aliphatic carbocycles. The normalized spacial score (nSPS) is 23.4. The van der Waals surface area contributed by atoms with Crippen LogP contribution in [0.1, 0.15) is 78.8 Å². The number of methoxy groups -OCH3 is 1. The van der Waals surface area contributed by atoms with Crippen molar-refractivity contribution >= 4 is 23.1 Å². The highest BCUT2D eigenvalue weighted by Crippen LogP contribution is 2.49. The molecule has 1 atom stereocenters. The molecule has 0 bridgehead atoms. The van der Waals surface area contributed by atoms with Crippen LogP contribution in [0.15, 0.2) is 59.8 Å². The molecule has 1 saturated heterocycles. The number of fused-ring (bicyclic) bond motifs is 1. The number of anilines is 2. The average molecular weight is 545 g/mol. The molecule has 0 aromatic heterocycles. The molecule has 2 aromatic carbocycles. The van der Waals surface area contributed by atoms with Crippen LogP contribution in [0, 0.1) is 5.41 Å². The second-order valence-corrected chi connectivity index (χ2v) is 13.8. The van der Waals surface area contributed by atoms with Crippen LogP contribution in [0.3, 0.4) is 0 Å². The van der Waals surface area contributed by atoms with E-state index in [2.05, 4.69) is 62.4 Å². The Hall–Kier alpha value is -3.32. The predicted octanol–water partition coefficient (Wildman–Crippen LogP) is 5.74. The Balaban J connectivity index is 1.59. The highest BCUT2D eigenvalue weighted by Gasteiger charge is 2.43. The Labute approximate surface area is 238 Å². The molecular formula is C33H44N4O3. The van der Waals surface area contributed by atoms with Crippen molar-refractivity contribution in [2.75, 3.05) is 23.9 Å². The molecule has 214 valence electrons. The third-order valence-corrected chi connectivity index (χ3v) is 8.31. The lowest BCUT2D eigenvalue weighted by Gasteiger charge is -2.46. The second kappa shape index (κ2) is 10.3. The smallest absolute Gasteiger partial charge is 0.239 e. The molecule has 1 amide bonds. The van der Waals surface area contributed by atoms with Gasteiger partial charge in [-0.15, -0.1) is 0 Å². The van der Waals surface area contributed by atoms with Crippen LogP contribution in [-0.2, 0) is 9.59 Å². The molecule has 2 aromatic rings. The first-order chi connectivity index (χ1) is 18.8. The lowest BCUT2D eigenvalue weighted by molar-refractivity contribution is -0.121. The molecule has 7 heteroatoms. The Morgan fingerprint density at radius 3 is 2.33 bits per heavy atom. The topological polar surface area (TPSA) is 82.7 Å². The molecule has 5 rings (SSSR count). The number of allylic oxidation sites excluding steroid dienone is 1.